The molecule has 1 aliphatic carbocycles. The van der Waals surface area contributed by atoms with E-state index < -0.39 is 4.92 Å². The molecule has 104 valence electrons. The first-order valence-electron chi connectivity index (χ1n) is 6.19. The minimum Gasteiger partial charge on any atom is -0.267 e. The number of H-pyrrole nitrogens is 1. The lowest BCUT2D eigenvalue weighted by Crippen LogP contribution is -2.16. The number of aromatic nitrogens is 3. The molecule has 20 heavy (non-hydrogen) atoms. The van der Waals surface area contributed by atoms with Gasteiger partial charge in [-0.05, 0) is 12.8 Å². The summed E-state index contributed by atoms with van der Waals surface area (Å²) >= 11 is 1.34. The van der Waals surface area contributed by atoms with Crippen LogP contribution >= 0.6 is 11.8 Å². The monoisotopic (exact) mass is 292 g/mol. The van der Waals surface area contributed by atoms with Crippen LogP contribution in [0.4, 0.5) is 5.69 Å². The number of nitro benzene ring substituents is 1. The van der Waals surface area contributed by atoms with E-state index in [-0.39, 0.29) is 17.4 Å². The van der Waals surface area contributed by atoms with Gasteiger partial charge in [0.1, 0.15) is 0 Å². The first kappa shape index (κ1) is 12.9. The summed E-state index contributed by atoms with van der Waals surface area (Å²) in [5.41, 5.74) is 0.508. The highest BCUT2D eigenvalue weighted by Crippen LogP contribution is 2.37. The van der Waals surface area contributed by atoms with Gasteiger partial charge in [0.05, 0.1) is 4.92 Å². The molecule has 0 bridgehead atoms. The molecule has 1 aromatic carbocycles. The maximum atomic E-state index is 11.6. The highest BCUT2D eigenvalue weighted by molar-refractivity contribution is 7.98. The Morgan fingerprint density at radius 1 is 1.45 bits per heavy atom. The van der Waals surface area contributed by atoms with E-state index in [0.29, 0.717) is 16.5 Å². The number of thioether (sulfide) groups is 1. The third kappa shape index (κ3) is 2.46. The van der Waals surface area contributed by atoms with Crippen LogP contribution in [0.15, 0.2) is 34.2 Å². The number of hydrogen-bond acceptors (Lipinski definition) is 5. The average molecular weight is 292 g/mol. The zero-order chi connectivity index (χ0) is 14.1. The molecule has 0 amide bonds. The maximum Gasteiger partial charge on any atom is 0.344 e. The van der Waals surface area contributed by atoms with E-state index in [9.17, 15) is 14.9 Å². The standard InChI is InChI=1S/C12H12N4O3S/c17-11-13-14-12(15(11)9-5-6-9)20-7-8-3-1-2-4-10(8)16(18)19/h1-4,9H,5-7H2,(H,13,17). The number of nitrogens with one attached hydrogen (secondary N) is 1. The predicted molar refractivity (Wildman–Crippen MR) is 73.8 cm³/mol. The molecule has 2 aromatic rings. The first-order valence-corrected chi connectivity index (χ1v) is 7.17. The van der Waals surface area contributed by atoms with Gasteiger partial charge in [0, 0.05) is 23.4 Å². The van der Waals surface area contributed by atoms with E-state index in [1.165, 1.54) is 17.8 Å². The quantitative estimate of drug-likeness (QED) is 0.517. The van der Waals surface area contributed by atoms with Crippen molar-refractivity contribution in [1.29, 1.82) is 0 Å². The lowest BCUT2D eigenvalue weighted by atomic mass is 10.2. The molecule has 1 fully saturated rings. The summed E-state index contributed by atoms with van der Waals surface area (Å²) in [7, 11) is 0. The minimum atomic E-state index is -0.394. The summed E-state index contributed by atoms with van der Waals surface area (Å²) in [5, 5.41) is 18.0. The van der Waals surface area contributed by atoms with Crippen LogP contribution in [-0.4, -0.2) is 19.7 Å². The Morgan fingerprint density at radius 3 is 2.90 bits per heavy atom. The Labute approximate surface area is 118 Å². The molecule has 0 atom stereocenters. The van der Waals surface area contributed by atoms with Crippen LogP contribution in [0.3, 0.4) is 0 Å². The highest BCUT2D eigenvalue weighted by atomic mass is 32.2. The number of aromatic amines is 1. The molecule has 0 saturated heterocycles. The van der Waals surface area contributed by atoms with Crippen molar-refractivity contribution < 1.29 is 4.92 Å². The van der Waals surface area contributed by atoms with Crippen molar-refractivity contribution in [2.45, 2.75) is 29.8 Å². The molecule has 3 rings (SSSR count). The summed E-state index contributed by atoms with van der Waals surface area (Å²) in [6.45, 7) is 0. The lowest BCUT2D eigenvalue weighted by molar-refractivity contribution is -0.385. The molecule has 1 aliphatic rings. The average Bonchev–Trinajstić information content (AvgIpc) is 3.20. The van der Waals surface area contributed by atoms with Gasteiger partial charge in [-0.15, -0.1) is 5.10 Å². The Morgan fingerprint density at radius 2 is 2.20 bits per heavy atom. The SMILES string of the molecule is O=c1[nH]nc(SCc2ccccc2[N+](=O)[O-])n1C1CC1. The normalized spacial score (nSPS) is 14.4. The minimum absolute atomic E-state index is 0.0934. The third-order valence-electron chi connectivity index (χ3n) is 3.13. The number of rotatable bonds is 5. The van der Waals surface area contributed by atoms with Crippen molar-refractivity contribution in [3.05, 3.63) is 50.4 Å². The van der Waals surface area contributed by atoms with Crippen LogP contribution in [-0.2, 0) is 5.75 Å². The second-order valence-corrected chi connectivity index (χ2v) is 5.53. The molecule has 0 unspecified atom stereocenters. The van der Waals surface area contributed by atoms with Gasteiger partial charge in [-0.1, -0.05) is 30.0 Å². The number of nitro groups is 1. The highest BCUT2D eigenvalue weighted by Gasteiger charge is 2.28. The van der Waals surface area contributed by atoms with E-state index in [0.717, 1.165) is 12.8 Å². The van der Waals surface area contributed by atoms with Crippen molar-refractivity contribution in [3.8, 4) is 0 Å². The summed E-state index contributed by atoms with van der Waals surface area (Å²) in [4.78, 5) is 22.2. The van der Waals surface area contributed by atoms with Gasteiger partial charge >= 0.3 is 5.69 Å². The molecule has 7 nitrogen and oxygen atoms in total. The van der Waals surface area contributed by atoms with Gasteiger partial charge in [-0.2, -0.15) is 0 Å². The van der Waals surface area contributed by atoms with Gasteiger partial charge in [0.25, 0.3) is 5.69 Å². The second kappa shape index (κ2) is 5.12. The lowest BCUT2D eigenvalue weighted by Gasteiger charge is -2.04. The van der Waals surface area contributed by atoms with Crippen molar-refractivity contribution >= 4 is 17.4 Å². The van der Waals surface area contributed by atoms with E-state index in [1.54, 1.807) is 22.8 Å². The van der Waals surface area contributed by atoms with Crippen LogP contribution in [0.2, 0.25) is 0 Å². The Balaban J connectivity index is 1.80. The summed E-state index contributed by atoms with van der Waals surface area (Å²) in [6, 6.07) is 6.84. The summed E-state index contributed by atoms with van der Waals surface area (Å²) < 4.78 is 1.64. The summed E-state index contributed by atoms with van der Waals surface area (Å²) in [5.74, 6) is 0.411. The van der Waals surface area contributed by atoms with Crippen LogP contribution in [0.1, 0.15) is 24.4 Å². The maximum absolute atomic E-state index is 11.6. The van der Waals surface area contributed by atoms with Crippen LogP contribution in [0, 0.1) is 10.1 Å². The summed E-state index contributed by atoms with van der Waals surface area (Å²) in [6.07, 6.45) is 1.97. The number of para-hydroxylation sites is 1. The van der Waals surface area contributed by atoms with E-state index in [2.05, 4.69) is 10.2 Å². The number of nitrogens with zero attached hydrogens (tertiary/aromatic N) is 3. The third-order valence-corrected chi connectivity index (χ3v) is 4.13. The van der Waals surface area contributed by atoms with Crippen molar-refractivity contribution in [2.24, 2.45) is 0 Å². The molecule has 0 radical (unpaired) electrons. The van der Waals surface area contributed by atoms with Crippen molar-refractivity contribution in [3.63, 3.8) is 0 Å². The Hall–Kier alpha value is -2.09. The predicted octanol–water partition coefficient (Wildman–Crippen LogP) is 2.11. The van der Waals surface area contributed by atoms with Crippen LogP contribution in [0.25, 0.3) is 0 Å². The van der Waals surface area contributed by atoms with E-state index >= 15 is 0 Å². The van der Waals surface area contributed by atoms with Gasteiger partial charge in [0.15, 0.2) is 5.16 Å². The van der Waals surface area contributed by atoms with E-state index in [4.69, 9.17) is 0 Å². The largest absolute Gasteiger partial charge is 0.344 e. The fourth-order valence-corrected chi connectivity index (χ4v) is 3.01. The molecule has 8 heteroatoms. The molecule has 0 spiro atoms. The zero-order valence-corrected chi connectivity index (χ0v) is 11.3. The topological polar surface area (TPSA) is 93.8 Å². The fraction of sp³-hybridized carbons (Fsp3) is 0.333. The molecule has 1 saturated carbocycles. The van der Waals surface area contributed by atoms with Crippen molar-refractivity contribution in [2.75, 3.05) is 0 Å². The van der Waals surface area contributed by atoms with E-state index in [1.807, 2.05) is 0 Å². The van der Waals surface area contributed by atoms with Gasteiger partial charge in [-0.25, -0.2) is 9.89 Å². The molecule has 1 N–H and O–H groups in total. The molecular weight excluding hydrogens is 280 g/mol. The van der Waals surface area contributed by atoms with Gasteiger partial charge in [0.2, 0.25) is 0 Å². The Bertz CT molecular complexity index is 705. The van der Waals surface area contributed by atoms with Gasteiger partial charge in [-0.3, -0.25) is 14.7 Å². The van der Waals surface area contributed by atoms with Crippen LogP contribution in [0.5, 0.6) is 0 Å². The number of benzene rings is 1. The fourth-order valence-electron chi connectivity index (χ4n) is 2.00. The molecular formula is C12H12N4O3S. The molecule has 1 aromatic heterocycles. The smallest absolute Gasteiger partial charge is 0.267 e. The number of hydrogen-bond donors (Lipinski definition) is 1. The van der Waals surface area contributed by atoms with Crippen LogP contribution < -0.4 is 5.69 Å². The Kier molecular flexibility index (Phi) is 3.31. The zero-order valence-electron chi connectivity index (χ0n) is 10.5. The van der Waals surface area contributed by atoms with Gasteiger partial charge < -0.3 is 0 Å². The molecule has 0 aliphatic heterocycles. The first-order chi connectivity index (χ1) is 9.66. The van der Waals surface area contributed by atoms with Crippen molar-refractivity contribution in [1.82, 2.24) is 14.8 Å². The molecule has 1 heterocycles. The second-order valence-electron chi connectivity index (χ2n) is 4.59.